The van der Waals surface area contributed by atoms with E-state index in [2.05, 4.69) is 17.2 Å². The van der Waals surface area contributed by atoms with Crippen LogP contribution in [-0.4, -0.2) is 32.3 Å². The van der Waals surface area contributed by atoms with Crippen molar-refractivity contribution in [3.8, 4) is 0 Å². The van der Waals surface area contributed by atoms with Crippen LogP contribution in [0, 0.1) is 5.82 Å². The molecule has 0 radical (unpaired) electrons. The van der Waals surface area contributed by atoms with Gasteiger partial charge in [0.25, 0.3) is 0 Å². The Hall–Kier alpha value is -2.71. The van der Waals surface area contributed by atoms with Crippen LogP contribution in [0.4, 0.5) is 14.9 Å². The van der Waals surface area contributed by atoms with Gasteiger partial charge in [-0.1, -0.05) is 18.2 Å². The second-order valence-corrected chi connectivity index (χ2v) is 8.85. The van der Waals surface area contributed by atoms with Gasteiger partial charge in [-0.15, -0.1) is 6.58 Å². The summed E-state index contributed by atoms with van der Waals surface area (Å²) in [6.07, 6.45) is 1.50. The topological polar surface area (TPSA) is 78.5 Å². The van der Waals surface area contributed by atoms with Crippen LogP contribution in [0.5, 0.6) is 0 Å². The molecule has 0 unspecified atom stereocenters. The maximum absolute atomic E-state index is 13.1. The molecule has 0 aliphatic heterocycles. The third kappa shape index (κ3) is 5.17. The van der Waals surface area contributed by atoms with Crippen molar-refractivity contribution < 1.29 is 17.6 Å². The number of benzene rings is 2. The van der Waals surface area contributed by atoms with Crippen molar-refractivity contribution in [1.82, 2.24) is 9.62 Å². The number of nitrogens with zero attached hydrogens (tertiary/aromatic N) is 1. The maximum atomic E-state index is 13.1. The molecule has 0 bridgehead atoms. The molecule has 0 saturated heterocycles. The minimum absolute atomic E-state index is 0.120. The average Bonchev–Trinajstić information content (AvgIpc) is 2.62. The highest BCUT2D eigenvalue weighted by molar-refractivity contribution is 7.89. The standard InChI is InChI=1S/C20H24FN3O3S/c1-5-14-24(4)28(26,27)18-12-10-17(11-13-18)22-19(25)23-20(2,3)15-6-8-16(21)9-7-15/h5-13H,1,14H2,2-4H3,(H2,22,23,25). The smallest absolute Gasteiger partial charge is 0.319 e. The highest BCUT2D eigenvalue weighted by Gasteiger charge is 2.23. The summed E-state index contributed by atoms with van der Waals surface area (Å²) < 4.78 is 39.0. The molecule has 0 atom stereocenters. The Labute approximate surface area is 165 Å². The highest BCUT2D eigenvalue weighted by Crippen LogP contribution is 2.21. The minimum atomic E-state index is -3.61. The van der Waals surface area contributed by atoms with Gasteiger partial charge in [-0.05, 0) is 55.8 Å². The number of rotatable bonds is 7. The second kappa shape index (κ2) is 8.53. The van der Waals surface area contributed by atoms with Gasteiger partial charge < -0.3 is 10.6 Å². The fourth-order valence-electron chi connectivity index (χ4n) is 2.56. The van der Waals surface area contributed by atoms with Gasteiger partial charge in [-0.25, -0.2) is 17.6 Å². The van der Waals surface area contributed by atoms with E-state index in [1.54, 1.807) is 26.0 Å². The quantitative estimate of drug-likeness (QED) is 0.690. The number of likely N-dealkylation sites (N-methyl/N-ethyl adjacent to an activating group) is 1. The Morgan fingerprint density at radius 3 is 2.25 bits per heavy atom. The van der Waals surface area contributed by atoms with E-state index in [9.17, 15) is 17.6 Å². The number of hydrogen-bond acceptors (Lipinski definition) is 3. The number of halogens is 1. The first-order valence-electron chi connectivity index (χ1n) is 8.59. The van der Waals surface area contributed by atoms with Gasteiger partial charge in [0.15, 0.2) is 0 Å². The molecule has 2 amide bonds. The lowest BCUT2D eigenvalue weighted by molar-refractivity contribution is 0.242. The fraction of sp³-hybridized carbons (Fsp3) is 0.250. The van der Waals surface area contributed by atoms with Gasteiger partial charge in [0.05, 0.1) is 10.4 Å². The minimum Gasteiger partial charge on any atom is -0.329 e. The van der Waals surface area contributed by atoms with Crippen LogP contribution < -0.4 is 10.6 Å². The van der Waals surface area contributed by atoms with Crippen molar-refractivity contribution in [1.29, 1.82) is 0 Å². The molecule has 0 saturated carbocycles. The van der Waals surface area contributed by atoms with Crippen LogP contribution in [0.3, 0.4) is 0 Å². The van der Waals surface area contributed by atoms with Crippen molar-refractivity contribution in [3.05, 3.63) is 72.6 Å². The molecule has 0 aliphatic carbocycles. The lowest BCUT2D eigenvalue weighted by Gasteiger charge is -2.27. The van der Waals surface area contributed by atoms with E-state index in [0.717, 1.165) is 5.56 Å². The van der Waals surface area contributed by atoms with Gasteiger partial charge in [0.2, 0.25) is 10.0 Å². The van der Waals surface area contributed by atoms with Gasteiger partial charge in [0, 0.05) is 19.3 Å². The Balaban J connectivity index is 2.06. The second-order valence-electron chi connectivity index (χ2n) is 6.81. The molecule has 2 rings (SSSR count). The van der Waals surface area contributed by atoms with Crippen molar-refractivity contribution in [2.75, 3.05) is 18.9 Å². The number of urea groups is 1. The summed E-state index contributed by atoms with van der Waals surface area (Å²) in [4.78, 5) is 12.4. The zero-order valence-corrected chi connectivity index (χ0v) is 16.9. The number of carbonyl (C=O) groups is 1. The molecule has 6 nitrogen and oxygen atoms in total. The Morgan fingerprint density at radius 2 is 1.71 bits per heavy atom. The lowest BCUT2D eigenvalue weighted by Crippen LogP contribution is -2.43. The van der Waals surface area contributed by atoms with E-state index >= 15 is 0 Å². The molecule has 28 heavy (non-hydrogen) atoms. The monoisotopic (exact) mass is 405 g/mol. The van der Waals surface area contributed by atoms with Crippen LogP contribution in [0.2, 0.25) is 0 Å². The van der Waals surface area contributed by atoms with Gasteiger partial charge in [-0.2, -0.15) is 4.31 Å². The SMILES string of the molecule is C=CCN(C)S(=O)(=O)c1ccc(NC(=O)NC(C)(C)c2ccc(F)cc2)cc1. The molecule has 2 aromatic rings. The summed E-state index contributed by atoms with van der Waals surface area (Å²) in [5, 5.41) is 5.47. The molecule has 150 valence electrons. The Bertz CT molecular complexity index is 940. The van der Waals surface area contributed by atoms with Crippen LogP contribution >= 0.6 is 0 Å². The van der Waals surface area contributed by atoms with Crippen molar-refractivity contribution in [3.63, 3.8) is 0 Å². The zero-order chi connectivity index (χ0) is 20.9. The van der Waals surface area contributed by atoms with Gasteiger partial charge >= 0.3 is 6.03 Å². The van der Waals surface area contributed by atoms with Crippen LogP contribution in [-0.2, 0) is 15.6 Å². The van der Waals surface area contributed by atoms with Gasteiger partial charge in [0.1, 0.15) is 5.82 Å². The first kappa shape index (κ1) is 21.6. The van der Waals surface area contributed by atoms with E-state index in [-0.39, 0.29) is 17.3 Å². The number of hydrogen-bond donors (Lipinski definition) is 2. The Morgan fingerprint density at radius 1 is 1.14 bits per heavy atom. The van der Waals surface area contributed by atoms with Crippen molar-refractivity contribution in [2.24, 2.45) is 0 Å². The van der Waals surface area contributed by atoms with E-state index in [1.807, 2.05) is 0 Å². The molecule has 0 aromatic heterocycles. The summed E-state index contributed by atoms with van der Waals surface area (Å²) in [7, 11) is -2.15. The number of carbonyl (C=O) groups excluding carboxylic acids is 1. The molecule has 0 aliphatic rings. The van der Waals surface area contributed by atoms with E-state index in [4.69, 9.17) is 0 Å². The van der Waals surface area contributed by atoms with E-state index in [1.165, 1.54) is 53.8 Å². The summed E-state index contributed by atoms with van der Waals surface area (Å²) in [5.41, 5.74) is 0.461. The molecular weight excluding hydrogens is 381 g/mol. The maximum Gasteiger partial charge on any atom is 0.319 e. The van der Waals surface area contributed by atoms with Crippen LogP contribution in [0.15, 0.2) is 66.1 Å². The predicted octanol–water partition coefficient (Wildman–Crippen LogP) is 3.69. The van der Waals surface area contributed by atoms with E-state index < -0.39 is 21.6 Å². The van der Waals surface area contributed by atoms with Crippen LogP contribution in [0.1, 0.15) is 19.4 Å². The molecule has 2 aromatic carbocycles. The fourth-order valence-corrected chi connectivity index (χ4v) is 3.70. The van der Waals surface area contributed by atoms with E-state index in [0.29, 0.717) is 5.69 Å². The number of amides is 2. The third-order valence-electron chi connectivity index (χ3n) is 4.20. The molecule has 0 heterocycles. The number of sulfonamides is 1. The van der Waals surface area contributed by atoms with Crippen molar-refractivity contribution in [2.45, 2.75) is 24.3 Å². The first-order valence-corrected chi connectivity index (χ1v) is 10.0. The molecule has 0 spiro atoms. The normalized spacial score (nSPS) is 11.9. The lowest BCUT2D eigenvalue weighted by atomic mass is 9.94. The summed E-state index contributed by atoms with van der Waals surface area (Å²) in [5.74, 6) is -0.349. The summed E-state index contributed by atoms with van der Waals surface area (Å²) in [6, 6.07) is 11.3. The third-order valence-corrected chi connectivity index (χ3v) is 6.04. The first-order chi connectivity index (χ1) is 13.1. The van der Waals surface area contributed by atoms with Crippen molar-refractivity contribution >= 4 is 21.7 Å². The largest absolute Gasteiger partial charge is 0.329 e. The molecular formula is C20H24FN3O3S. The Kier molecular flexibility index (Phi) is 6.58. The number of nitrogens with one attached hydrogen (secondary N) is 2. The molecule has 8 heteroatoms. The zero-order valence-electron chi connectivity index (χ0n) is 16.1. The predicted molar refractivity (Wildman–Crippen MR) is 108 cm³/mol. The average molecular weight is 405 g/mol. The highest BCUT2D eigenvalue weighted by atomic mass is 32.2. The summed E-state index contributed by atoms with van der Waals surface area (Å²) in [6.45, 7) is 7.32. The molecule has 0 fully saturated rings. The molecule has 2 N–H and O–H groups in total. The van der Waals surface area contributed by atoms with Gasteiger partial charge in [-0.3, -0.25) is 0 Å². The number of anilines is 1. The summed E-state index contributed by atoms with van der Waals surface area (Å²) >= 11 is 0. The van der Waals surface area contributed by atoms with Crippen LogP contribution in [0.25, 0.3) is 0 Å².